The van der Waals surface area contributed by atoms with Crippen molar-refractivity contribution in [3.8, 4) is 0 Å². The van der Waals surface area contributed by atoms with E-state index in [1.807, 2.05) is 22.7 Å². The van der Waals surface area contributed by atoms with Crippen LogP contribution in [0, 0.1) is 13.8 Å². The quantitative estimate of drug-likeness (QED) is 0.694. The summed E-state index contributed by atoms with van der Waals surface area (Å²) in [6.07, 6.45) is 4.37. The summed E-state index contributed by atoms with van der Waals surface area (Å²) in [5.74, 6) is 0. The molecule has 0 amide bonds. The van der Waals surface area contributed by atoms with Gasteiger partial charge in [0.15, 0.2) is 0 Å². The first-order valence-electron chi connectivity index (χ1n) is 4.55. The molecule has 0 atom stereocenters. The van der Waals surface area contributed by atoms with Gasteiger partial charge >= 0.3 is 0 Å². The highest BCUT2D eigenvalue weighted by atomic mass is 32.1. The first-order valence-corrected chi connectivity index (χ1v) is 6.18. The van der Waals surface area contributed by atoms with Crippen molar-refractivity contribution in [2.24, 2.45) is 0 Å². The summed E-state index contributed by atoms with van der Waals surface area (Å²) < 4.78 is 0. The Morgan fingerprint density at radius 3 is 1.50 bits per heavy atom. The molecule has 2 heterocycles. The Morgan fingerprint density at radius 1 is 0.786 bits per heavy atom. The standard InChI is InChI=1S/C12H12S2/c1-9-3-5-11(13-9)7-8-12-6-4-10(2)14-12/h3-8H,1-2H3. The lowest BCUT2D eigenvalue weighted by atomic mass is 10.3. The molecule has 72 valence electrons. The fraction of sp³-hybridized carbons (Fsp3) is 0.167. The summed E-state index contributed by atoms with van der Waals surface area (Å²) >= 11 is 3.66. The molecule has 0 aliphatic carbocycles. The van der Waals surface area contributed by atoms with Crippen LogP contribution in [0.15, 0.2) is 24.3 Å². The fourth-order valence-corrected chi connectivity index (χ4v) is 2.81. The minimum Gasteiger partial charge on any atom is -0.141 e. The Kier molecular flexibility index (Phi) is 2.85. The molecule has 0 nitrogen and oxygen atoms in total. The van der Waals surface area contributed by atoms with E-state index in [4.69, 9.17) is 0 Å². The van der Waals surface area contributed by atoms with Gasteiger partial charge in [-0.15, -0.1) is 22.7 Å². The minimum atomic E-state index is 1.33. The van der Waals surface area contributed by atoms with E-state index < -0.39 is 0 Å². The lowest BCUT2D eigenvalue weighted by molar-refractivity contribution is 1.64. The third-order valence-corrected chi connectivity index (χ3v) is 3.87. The monoisotopic (exact) mass is 220 g/mol. The van der Waals surface area contributed by atoms with Gasteiger partial charge in [-0.25, -0.2) is 0 Å². The summed E-state index contributed by atoms with van der Waals surface area (Å²) in [6, 6.07) is 8.64. The van der Waals surface area contributed by atoms with Gasteiger partial charge in [0.05, 0.1) is 0 Å². The number of rotatable bonds is 2. The number of hydrogen-bond acceptors (Lipinski definition) is 2. The Labute approximate surface area is 92.5 Å². The molecule has 0 saturated carbocycles. The smallest absolute Gasteiger partial charge is 0.0273 e. The second kappa shape index (κ2) is 4.11. The summed E-state index contributed by atoms with van der Waals surface area (Å²) in [7, 11) is 0. The molecule has 0 fully saturated rings. The lowest BCUT2D eigenvalue weighted by Crippen LogP contribution is -1.57. The second-order valence-corrected chi connectivity index (χ2v) is 5.87. The van der Waals surface area contributed by atoms with Crippen molar-refractivity contribution >= 4 is 34.8 Å². The zero-order chi connectivity index (χ0) is 9.97. The number of hydrogen-bond donors (Lipinski definition) is 0. The predicted molar refractivity (Wildman–Crippen MR) is 67.0 cm³/mol. The van der Waals surface area contributed by atoms with Gasteiger partial charge in [0.1, 0.15) is 0 Å². The van der Waals surface area contributed by atoms with Crippen LogP contribution in [-0.4, -0.2) is 0 Å². The molecule has 0 radical (unpaired) electrons. The molecule has 2 rings (SSSR count). The van der Waals surface area contributed by atoms with E-state index in [2.05, 4.69) is 50.3 Å². The molecular formula is C12H12S2. The van der Waals surface area contributed by atoms with Crippen molar-refractivity contribution in [1.82, 2.24) is 0 Å². The summed E-state index contributed by atoms with van der Waals surface area (Å²) in [6.45, 7) is 4.27. The average molecular weight is 220 g/mol. The molecule has 2 heteroatoms. The first-order chi connectivity index (χ1) is 6.74. The predicted octanol–water partition coefficient (Wildman–Crippen LogP) is 4.60. The van der Waals surface area contributed by atoms with Crippen LogP contribution in [0.25, 0.3) is 12.2 Å². The number of aryl methyl sites for hydroxylation is 2. The van der Waals surface area contributed by atoms with Crippen molar-refractivity contribution in [2.45, 2.75) is 13.8 Å². The van der Waals surface area contributed by atoms with Crippen molar-refractivity contribution in [3.63, 3.8) is 0 Å². The van der Waals surface area contributed by atoms with Gasteiger partial charge < -0.3 is 0 Å². The maximum absolute atomic E-state index is 2.18. The van der Waals surface area contributed by atoms with E-state index in [1.165, 1.54) is 19.5 Å². The molecule has 0 spiro atoms. The third kappa shape index (κ3) is 2.34. The second-order valence-electron chi connectivity index (χ2n) is 3.23. The van der Waals surface area contributed by atoms with Crippen molar-refractivity contribution in [2.75, 3.05) is 0 Å². The normalized spacial score (nSPS) is 11.3. The van der Waals surface area contributed by atoms with E-state index in [0.717, 1.165) is 0 Å². The molecular weight excluding hydrogens is 208 g/mol. The van der Waals surface area contributed by atoms with E-state index in [9.17, 15) is 0 Å². The fourth-order valence-electron chi connectivity index (χ4n) is 1.25. The Bertz CT molecular complexity index is 404. The molecule has 0 aliphatic heterocycles. The SMILES string of the molecule is Cc1ccc(C=Cc2ccc(C)s2)s1. The summed E-state index contributed by atoms with van der Waals surface area (Å²) in [4.78, 5) is 5.39. The van der Waals surface area contributed by atoms with Crippen molar-refractivity contribution < 1.29 is 0 Å². The summed E-state index contributed by atoms with van der Waals surface area (Å²) in [5, 5.41) is 0. The van der Waals surface area contributed by atoms with E-state index >= 15 is 0 Å². The molecule has 0 saturated heterocycles. The number of thiophene rings is 2. The van der Waals surface area contributed by atoms with Crippen LogP contribution in [0.4, 0.5) is 0 Å². The molecule has 0 bridgehead atoms. The molecule has 2 aromatic rings. The molecule has 0 aromatic carbocycles. The van der Waals surface area contributed by atoms with Gasteiger partial charge in [0.2, 0.25) is 0 Å². The Balaban J connectivity index is 2.14. The topological polar surface area (TPSA) is 0 Å². The van der Waals surface area contributed by atoms with Crippen LogP contribution in [-0.2, 0) is 0 Å². The maximum atomic E-state index is 2.18. The minimum absolute atomic E-state index is 1.33. The van der Waals surface area contributed by atoms with Gasteiger partial charge in [-0.1, -0.05) is 0 Å². The average Bonchev–Trinajstić information content (AvgIpc) is 2.72. The van der Waals surface area contributed by atoms with Crippen molar-refractivity contribution in [1.29, 1.82) is 0 Å². The van der Waals surface area contributed by atoms with Crippen LogP contribution in [0.1, 0.15) is 19.5 Å². The zero-order valence-corrected chi connectivity index (χ0v) is 9.91. The third-order valence-electron chi connectivity index (χ3n) is 1.93. The Hall–Kier alpha value is -0.860. The van der Waals surface area contributed by atoms with Gasteiger partial charge in [0.25, 0.3) is 0 Å². The molecule has 0 unspecified atom stereocenters. The van der Waals surface area contributed by atoms with Crippen LogP contribution < -0.4 is 0 Å². The van der Waals surface area contributed by atoms with Crippen molar-refractivity contribution in [3.05, 3.63) is 43.8 Å². The largest absolute Gasteiger partial charge is 0.141 e. The van der Waals surface area contributed by atoms with Gasteiger partial charge in [-0.2, -0.15) is 0 Å². The van der Waals surface area contributed by atoms with Gasteiger partial charge in [0, 0.05) is 19.5 Å². The van der Waals surface area contributed by atoms with Crippen LogP contribution >= 0.6 is 22.7 Å². The maximum Gasteiger partial charge on any atom is 0.0273 e. The van der Waals surface area contributed by atoms with Gasteiger partial charge in [-0.3, -0.25) is 0 Å². The van der Waals surface area contributed by atoms with E-state index in [1.54, 1.807) is 0 Å². The zero-order valence-electron chi connectivity index (χ0n) is 8.28. The van der Waals surface area contributed by atoms with E-state index in [-0.39, 0.29) is 0 Å². The molecule has 2 aromatic heterocycles. The van der Waals surface area contributed by atoms with Crippen LogP contribution in [0.2, 0.25) is 0 Å². The Morgan fingerprint density at radius 2 is 1.21 bits per heavy atom. The highest BCUT2D eigenvalue weighted by molar-refractivity contribution is 7.13. The van der Waals surface area contributed by atoms with E-state index in [0.29, 0.717) is 0 Å². The highest BCUT2D eigenvalue weighted by Gasteiger charge is 1.93. The molecule has 0 N–H and O–H groups in total. The van der Waals surface area contributed by atoms with Gasteiger partial charge in [-0.05, 0) is 50.3 Å². The van der Waals surface area contributed by atoms with Crippen LogP contribution in [0.5, 0.6) is 0 Å². The molecule has 0 aliphatic rings. The first kappa shape index (κ1) is 9.69. The molecule has 14 heavy (non-hydrogen) atoms. The highest BCUT2D eigenvalue weighted by Crippen LogP contribution is 2.21. The summed E-state index contributed by atoms with van der Waals surface area (Å²) in [5.41, 5.74) is 0. The van der Waals surface area contributed by atoms with Crippen LogP contribution in [0.3, 0.4) is 0 Å². The lowest BCUT2D eigenvalue weighted by Gasteiger charge is -1.83.